The molecule has 0 N–H and O–H groups in total. The molecular formula is C14H12N4O3S. The van der Waals surface area contributed by atoms with E-state index in [2.05, 4.69) is 14.8 Å². The average Bonchev–Trinajstić information content (AvgIpc) is 2.84. The number of aromatic nitrogens is 4. The van der Waals surface area contributed by atoms with E-state index in [9.17, 15) is 9.59 Å². The third kappa shape index (κ3) is 2.86. The molecule has 112 valence electrons. The standard InChI is InChI=1S/C14H12N4O3S/c1-21-13(19)8-18-14(20)17-9-15-12(7-11(17)16-18)22-10-5-3-2-4-6-10/h2-7,9H,8H2,1H3. The Balaban J connectivity index is 1.93. The fraction of sp³-hybridized carbons (Fsp3) is 0.143. The normalized spacial score (nSPS) is 10.8. The Bertz CT molecular complexity index is 873. The number of carbonyl (C=O) groups is 1. The quantitative estimate of drug-likeness (QED) is 0.532. The van der Waals surface area contributed by atoms with Crippen molar-refractivity contribution in [1.82, 2.24) is 19.2 Å². The van der Waals surface area contributed by atoms with Gasteiger partial charge >= 0.3 is 11.7 Å². The van der Waals surface area contributed by atoms with Crippen LogP contribution < -0.4 is 5.69 Å². The van der Waals surface area contributed by atoms with Gasteiger partial charge < -0.3 is 4.74 Å². The van der Waals surface area contributed by atoms with E-state index < -0.39 is 11.7 Å². The largest absolute Gasteiger partial charge is 0.468 e. The maximum absolute atomic E-state index is 12.1. The molecule has 7 nitrogen and oxygen atoms in total. The summed E-state index contributed by atoms with van der Waals surface area (Å²) in [6.45, 7) is -0.224. The van der Waals surface area contributed by atoms with E-state index in [0.29, 0.717) is 10.7 Å². The van der Waals surface area contributed by atoms with Crippen LogP contribution in [0.3, 0.4) is 0 Å². The molecule has 0 spiro atoms. The van der Waals surface area contributed by atoms with E-state index >= 15 is 0 Å². The number of rotatable bonds is 4. The van der Waals surface area contributed by atoms with Crippen molar-refractivity contribution in [3.8, 4) is 0 Å². The number of esters is 1. The predicted octanol–water partition coefficient (Wildman–Crippen LogP) is 1.22. The Morgan fingerprint density at radius 1 is 1.32 bits per heavy atom. The van der Waals surface area contributed by atoms with Gasteiger partial charge in [0.25, 0.3) is 0 Å². The van der Waals surface area contributed by atoms with E-state index in [0.717, 1.165) is 9.58 Å². The number of carbonyl (C=O) groups excluding carboxylic acids is 1. The summed E-state index contributed by atoms with van der Waals surface area (Å²) in [6.07, 6.45) is 1.41. The lowest BCUT2D eigenvalue weighted by atomic mass is 10.4. The molecule has 0 bridgehead atoms. The SMILES string of the molecule is COC(=O)Cn1nc2cc(Sc3ccccc3)ncn2c1=O. The second-order valence-corrected chi connectivity index (χ2v) is 5.48. The van der Waals surface area contributed by atoms with Crippen LogP contribution in [0.25, 0.3) is 5.65 Å². The molecule has 0 atom stereocenters. The van der Waals surface area contributed by atoms with Crippen LogP contribution in [-0.4, -0.2) is 32.2 Å². The van der Waals surface area contributed by atoms with Gasteiger partial charge in [-0.3, -0.25) is 4.79 Å². The highest BCUT2D eigenvalue weighted by molar-refractivity contribution is 7.99. The van der Waals surface area contributed by atoms with Gasteiger partial charge in [-0.05, 0) is 12.1 Å². The van der Waals surface area contributed by atoms with Crippen LogP contribution >= 0.6 is 11.8 Å². The molecule has 3 aromatic rings. The monoisotopic (exact) mass is 316 g/mol. The minimum Gasteiger partial charge on any atom is -0.468 e. The molecule has 22 heavy (non-hydrogen) atoms. The summed E-state index contributed by atoms with van der Waals surface area (Å²) in [4.78, 5) is 28.6. The summed E-state index contributed by atoms with van der Waals surface area (Å²) in [5.41, 5.74) is 0.00601. The van der Waals surface area contributed by atoms with Crippen LogP contribution in [-0.2, 0) is 16.1 Å². The Morgan fingerprint density at radius 2 is 2.09 bits per heavy atom. The van der Waals surface area contributed by atoms with Gasteiger partial charge in [0, 0.05) is 11.0 Å². The zero-order chi connectivity index (χ0) is 15.5. The van der Waals surface area contributed by atoms with Gasteiger partial charge in [0.2, 0.25) is 0 Å². The molecule has 1 aromatic carbocycles. The van der Waals surface area contributed by atoms with Crippen molar-refractivity contribution in [2.45, 2.75) is 16.5 Å². The minimum atomic E-state index is -0.530. The van der Waals surface area contributed by atoms with Gasteiger partial charge in [0.05, 0.1) is 7.11 Å². The highest BCUT2D eigenvalue weighted by Gasteiger charge is 2.12. The zero-order valence-corrected chi connectivity index (χ0v) is 12.5. The molecule has 0 saturated heterocycles. The van der Waals surface area contributed by atoms with E-state index in [1.807, 2.05) is 30.3 Å². The van der Waals surface area contributed by atoms with E-state index in [1.54, 1.807) is 6.07 Å². The average molecular weight is 316 g/mol. The lowest BCUT2D eigenvalue weighted by molar-refractivity contribution is -0.141. The Kier molecular flexibility index (Phi) is 3.92. The molecule has 8 heteroatoms. The summed E-state index contributed by atoms with van der Waals surface area (Å²) < 4.78 is 6.89. The summed E-state index contributed by atoms with van der Waals surface area (Å²) in [5, 5.41) is 4.83. The number of methoxy groups -OCH3 is 1. The minimum absolute atomic E-state index is 0.224. The van der Waals surface area contributed by atoms with Gasteiger partial charge in [-0.15, -0.1) is 5.10 Å². The first-order valence-electron chi connectivity index (χ1n) is 6.42. The summed E-state index contributed by atoms with van der Waals surface area (Å²) in [7, 11) is 1.26. The van der Waals surface area contributed by atoms with E-state index in [-0.39, 0.29) is 6.54 Å². The molecular weight excluding hydrogens is 304 g/mol. The van der Waals surface area contributed by atoms with Crippen molar-refractivity contribution in [3.05, 3.63) is 53.2 Å². The molecule has 2 aromatic heterocycles. The van der Waals surface area contributed by atoms with Crippen LogP contribution in [0, 0.1) is 0 Å². The number of hydrogen-bond donors (Lipinski definition) is 0. The van der Waals surface area contributed by atoms with Crippen molar-refractivity contribution in [3.63, 3.8) is 0 Å². The van der Waals surface area contributed by atoms with Gasteiger partial charge in [0.15, 0.2) is 5.65 Å². The molecule has 0 aliphatic heterocycles. The maximum atomic E-state index is 12.1. The van der Waals surface area contributed by atoms with Crippen molar-refractivity contribution >= 4 is 23.4 Å². The lowest BCUT2D eigenvalue weighted by Gasteiger charge is -1.99. The number of fused-ring (bicyclic) bond motifs is 1. The third-order valence-corrected chi connectivity index (χ3v) is 3.86. The molecule has 0 radical (unpaired) electrons. The van der Waals surface area contributed by atoms with Gasteiger partial charge in [0.1, 0.15) is 17.9 Å². The van der Waals surface area contributed by atoms with Crippen LogP contribution in [0.2, 0.25) is 0 Å². The number of ether oxygens (including phenoxy) is 1. The van der Waals surface area contributed by atoms with Crippen molar-refractivity contribution in [1.29, 1.82) is 0 Å². The van der Waals surface area contributed by atoms with Crippen molar-refractivity contribution < 1.29 is 9.53 Å². The number of hydrogen-bond acceptors (Lipinski definition) is 6. The Morgan fingerprint density at radius 3 is 2.82 bits per heavy atom. The van der Waals surface area contributed by atoms with E-state index in [4.69, 9.17) is 0 Å². The fourth-order valence-electron chi connectivity index (χ4n) is 1.86. The van der Waals surface area contributed by atoms with E-state index in [1.165, 1.54) is 29.6 Å². The summed E-state index contributed by atoms with van der Waals surface area (Å²) in [5.74, 6) is -0.530. The summed E-state index contributed by atoms with van der Waals surface area (Å²) >= 11 is 1.47. The first kappa shape index (κ1) is 14.3. The molecule has 0 saturated carbocycles. The zero-order valence-electron chi connectivity index (χ0n) is 11.7. The Labute approximate surface area is 129 Å². The first-order chi connectivity index (χ1) is 10.7. The second-order valence-electron chi connectivity index (χ2n) is 4.39. The first-order valence-corrected chi connectivity index (χ1v) is 7.24. The van der Waals surface area contributed by atoms with Gasteiger partial charge in [-0.1, -0.05) is 30.0 Å². The highest BCUT2D eigenvalue weighted by atomic mass is 32.2. The molecule has 2 heterocycles. The number of nitrogens with zero attached hydrogens (tertiary/aromatic N) is 4. The molecule has 0 amide bonds. The lowest BCUT2D eigenvalue weighted by Crippen LogP contribution is -2.25. The molecule has 3 rings (SSSR count). The smallest absolute Gasteiger partial charge is 0.352 e. The fourth-order valence-corrected chi connectivity index (χ4v) is 2.66. The molecule has 0 fully saturated rings. The van der Waals surface area contributed by atoms with Gasteiger partial charge in [-0.25, -0.2) is 18.9 Å². The van der Waals surface area contributed by atoms with Crippen LogP contribution in [0.15, 0.2) is 57.4 Å². The highest BCUT2D eigenvalue weighted by Crippen LogP contribution is 2.25. The summed E-state index contributed by atoms with van der Waals surface area (Å²) in [6, 6.07) is 11.5. The predicted molar refractivity (Wildman–Crippen MR) is 79.8 cm³/mol. The molecule has 0 aliphatic carbocycles. The maximum Gasteiger partial charge on any atom is 0.352 e. The third-order valence-electron chi connectivity index (χ3n) is 2.92. The van der Waals surface area contributed by atoms with Crippen molar-refractivity contribution in [2.75, 3.05) is 7.11 Å². The second kappa shape index (κ2) is 6.02. The van der Waals surface area contributed by atoms with Gasteiger partial charge in [-0.2, -0.15) is 0 Å². The van der Waals surface area contributed by atoms with Crippen LogP contribution in [0.1, 0.15) is 0 Å². The van der Waals surface area contributed by atoms with Crippen LogP contribution in [0.4, 0.5) is 0 Å². The van der Waals surface area contributed by atoms with Crippen molar-refractivity contribution in [2.24, 2.45) is 0 Å². The number of benzene rings is 1. The topological polar surface area (TPSA) is 78.5 Å². The molecule has 0 aliphatic rings. The Hall–Kier alpha value is -2.61. The van der Waals surface area contributed by atoms with Crippen LogP contribution in [0.5, 0.6) is 0 Å². The molecule has 0 unspecified atom stereocenters.